The van der Waals surface area contributed by atoms with Gasteiger partial charge in [0.05, 0.1) is 36.2 Å². The Morgan fingerprint density at radius 3 is 2.52 bits per heavy atom. The SMILES string of the molecule is CCCOc1nc2ccccc2nc1N1CCCC(C(=O)Nc2ccc(C(=O)OC)cc2)C1. The summed E-state index contributed by atoms with van der Waals surface area (Å²) < 4.78 is 10.6. The minimum atomic E-state index is -0.409. The molecule has 0 radical (unpaired) electrons. The molecule has 0 bridgehead atoms. The molecule has 8 nitrogen and oxygen atoms in total. The van der Waals surface area contributed by atoms with Crippen molar-refractivity contribution in [3.63, 3.8) is 0 Å². The molecule has 1 amide bonds. The number of aromatic nitrogens is 2. The van der Waals surface area contributed by atoms with Gasteiger partial charge in [-0.3, -0.25) is 4.79 Å². The molecule has 1 saturated heterocycles. The second-order valence-corrected chi connectivity index (χ2v) is 8.03. The van der Waals surface area contributed by atoms with E-state index < -0.39 is 5.97 Å². The Morgan fingerprint density at radius 1 is 1.09 bits per heavy atom. The highest BCUT2D eigenvalue weighted by molar-refractivity contribution is 5.94. The summed E-state index contributed by atoms with van der Waals surface area (Å²) >= 11 is 0. The molecule has 0 saturated carbocycles. The number of anilines is 2. The lowest BCUT2D eigenvalue weighted by Gasteiger charge is -2.33. The number of benzene rings is 2. The molecule has 3 aromatic rings. The Kier molecular flexibility index (Phi) is 7.02. The van der Waals surface area contributed by atoms with Crippen molar-refractivity contribution < 1.29 is 19.1 Å². The lowest BCUT2D eigenvalue weighted by Crippen LogP contribution is -2.41. The number of amides is 1. The molecule has 1 atom stereocenters. The number of carbonyl (C=O) groups excluding carboxylic acids is 2. The van der Waals surface area contributed by atoms with Crippen molar-refractivity contribution in [2.24, 2.45) is 5.92 Å². The van der Waals surface area contributed by atoms with Crippen LogP contribution < -0.4 is 15.0 Å². The standard InChI is InChI=1S/C25H28N4O4/c1-3-15-33-24-22(27-20-8-4-5-9-21(20)28-24)29-14-6-7-18(16-29)23(30)26-19-12-10-17(11-13-19)25(31)32-2/h4-5,8-13,18H,3,6-7,14-16H2,1-2H3,(H,26,30). The van der Waals surface area contributed by atoms with Crippen LogP contribution in [0.4, 0.5) is 11.5 Å². The maximum atomic E-state index is 13.0. The number of hydrogen-bond donors (Lipinski definition) is 1. The molecule has 33 heavy (non-hydrogen) atoms. The Labute approximate surface area is 192 Å². The highest BCUT2D eigenvalue weighted by Crippen LogP contribution is 2.31. The van der Waals surface area contributed by atoms with Crippen LogP contribution >= 0.6 is 0 Å². The zero-order chi connectivity index (χ0) is 23.2. The Bertz CT molecular complexity index is 1130. The second-order valence-electron chi connectivity index (χ2n) is 8.03. The van der Waals surface area contributed by atoms with E-state index in [1.165, 1.54) is 7.11 Å². The summed E-state index contributed by atoms with van der Waals surface area (Å²) in [5, 5.41) is 2.96. The van der Waals surface area contributed by atoms with E-state index >= 15 is 0 Å². The van der Waals surface area contributed by atoms with E-state index in [-0.39, 0.29) is 11.8 Å². The van der Waals surface area contributed by atoms with Gasteiger partial charge in [0.1, 0.15) is 0 Å². The first kappa shape index (κ1) is 22.5. The van der Waals surface area contributed by atoms with E-state index in [0.29, 0.717) is 36.1 Å². The van der Waals surface area contributed by atoms with Gasteiger partial charge in [-0.05, 0) is 55.7 Å². The molecular weight excluding hydrogens is 420 g/mol. The molecule has 0 spiro atoms. The molecule has 172 valence electrons. The highest BCUT2D eigenvalue weighted by atomic mass is 16.5. The molecule has 2 aromatic carbocycles. The van der Waals surface area contributed by atoms with Crippen LogP contribution in [0, 0.1) is 5.92 Å². The van der Waals surface area contributed by atoms with E-state index in [0.717, 1.165) is 36.8 Å². The predicted molar refractivity (Wildman–Crippen MR) is 127 cm³/mol. The summed E-state index contributed by atoms with van der Waals surface area (Å²) in [6, 6.07) is 14.4. The molecule has 1 aliphatic rings. The van der Waals surface area contributed by atoms with Gasteiger partial charge >= 0.3 is 5.97 Å². The van der Waals surface area contributed by atoms with Crippen LogP contribution in [-0.2, 0) is 9.53 Å². The van der Waals surface area contributed by atoms with Gasteiger partial charge in [0.2, 0.25) is 5.91 Å². The molecule has 1 aromatic heterocycles. The van der Waals surface area contributed by atoms with Crippen molar-refractivity contribution in [2.75, 3.05) is 37.0 Å². The zero-order valence-electron chi connectivity index (χ0n) is 18.9. The number of fused-ring (bicyclic) bond motifs is 1. The van der Waals surface area contributed by atoms with Crippen LogP contribution in [0.15, 0.2) is 48.5 Å². The molecule has 1 aliphatic heterocycles. The normalized spacial score (nSPS) is 15.8. The quantitative estimate of drug-likeness (QED) is 0.545. The van der Waals surface area contributed by atoms with Crippen LogP contribution in [0.25, 0.3) is 11.0 Å². The molecule has 2 heterocycles. The third-order valence-electron chi connectivity index (χ3n) is 5.63. The van der Waals surface area contributed by atoms with Crippen molar-refractivity contribution in [1.82, 2.24) is 9.97 Å². The monoisotopic (exact) mass is 448 g/mol. The molecule has 1 N–H and O–H groups in total. The Morgan fingerprint density at radius 2 is 1.82 bits per heavy atom. The summed E-state index contributed by atoms with van der Waals surface area (Å²) in [6.45, 7) is 3.92. The number of rotatable bonds is 7. The van der Waals surface area contributed by atoms with Crippen molar-refractivity contribution in [3.8, 4) is 5.88 Å². The van der Waals surface area contributed by atoms with Crippen molar-refractivity contribution in [1.29, 1.82) is 0 Å². The van der Waals surface area contributed by atoms with E-state index in [9.17, 15) is 9.59 Å². The molecule has 8 heteroatoms. The van der Waals surface area contributed by atoms with Crippen LogP contribution in [0.1, 0.15) is 36.5 Å². The van der Waals surface area contributed by atoms with Gasteiger partial charge < -0.3 is 19.7 Å². The zero-order valence-corrected chi connectivity index (χ0v) is 18.9. The number of esters is 1. The van der Waals surface area contributed by atoms with Crippen LogP contribution in [0.5, 0.6) is 5.88 Å². The van der Waals surface area contributed by atoms with Gasteiger partial charge in [-0.25, -0.2) is 14.8 Å². The number of nitrogens with zero attached hydrogens (tertiary/aromatic N) is 3. The summed E-state index contributed by atoms with van der Waals surface area (Å²) in [6.07, 6.45) is 2.52. The number of hydrogen-bond acceptors (Lipinski definition) is 7. The van der Waals surface area contributed by atoms with Gasteiger partial charge in [0, 0.05) is 18.8 Å². The maximum Gasteiger partial charge on any atom is 0.337 e. The summed E-state index contributed by atoms with van der Waals surface area (Å²) in [5.74, 6) is 0.520. The number of carbonyl (C=O) groups is 2. The molecule has 0 aliphatic carbocycles. The number of nitrogens with one attached hydrogen (secondary N) is 1. The average Bonchev–Trinajstić information content (AvgIpc) is 2.87. The van der Waals surface area contributed by atoms with Gasteiger partial charge in [0.25, 0.3) is 5.88 Å². The van der Waals surface area contributed by atoms with Gasteiger partial charge in [-0.1, -0.05) is 19.1 Å². The van der Waals surface area contributed by atoms with E-state index in [1.807, 2.05) is 31.2 Å². The predicted octanol–water partition coefficient (Wildman–Crippen LogP) is 4.06. The summed E-state index contributed by atoms with van der Waals surface area (Å²) in [7, 11) is 1.34. The number of methoxy groups -OCH3 is 1. The summed E-state index contributed by atoms with van der Waals surface area (Å²) in [5.41, 5.74) is 2.67. The minimum absolute atomic E-state index is 0.0599. The smallest absolute Gasteiger partial charge is 0.337 e. The lowest BCUT2D eigenvalue weighted by molar-refractivity contribution is -0.120. The van der Waals surface area contributed by atoms with Gasteiger partial charge in [0.15, 0.2) is 5.82 Å². The number of ether oxygens (including phenoxy) is 2. The fourth-order valence-electron chi connectivity index (χ4n) is 3.91. The van der Waals surface area contributed by atoms with Crippen LogP contribution in [0.2, 0.25) is 0 Å². The highest BCUT2D eigenvalue weighted by Gasteiger charge is 2.29. The lowest BCUT2D eigenvalue weighted by atomic mass is 9.97. The third kappa shape index (κ3) is 5.22. The van der Waals surface area contributed by atoms with Crippen LogP contribution in [0.3, 0.4) is 0 Å². The van der Waals surface area contributed by atoms with Gasteiger partial charge in [-0.2, -0.15) is 0 Å². The topological polar surface area (TPSA) is 93.7 Å². The number of piperidine rings is 1. The van der Waals surface area contributed by atoms with E-state index in [4.69, 9.17) is 19.4 Å². The minimum Gasteiger partial charge on any atom is -0.475 e. The van der Waals surface area contributed by atoms with Crippen LogP contribution in [-0.4, -0.2) is 48.7 Å². The van der Waals surface area contributed by atoms with Gasteiger partial charge in [-0.15, -0.1) is 0 Å². The Balaban J connectivity index is 1.50. The maximum absolute atomic E-state index is 13.0. The first-order valence-electron chi connectivity index (χ1n) is 11.2. The average molecular weight is 449 g/mol. The van der Waals surface area contributed by atoms with Crippen molar-refractivity contribution in [2.45, 2.75) is 26.2 Å². The van der Waals surface area contributed by atoms with Crippen molar-refractivity contribution in [3.05, 3.63) is 54.1 Å². The molecular formula is C25H28N4O4. The number of para-hydroxylation sites is 2. The van der Waals surface area contributed by atoms with Crippen molar-refractivity contribution >= 4 is 34.4 Å². The van der Waals surface area contributed by atoms with E-state index in [1.54, 1.807) is 24.3 Å². The summed E-state index contributed by atoms with van der Waals surface area (Å²) in [4.78, 5) is 36.2. The first-order valence-corrected chi connectivity index (χ1v) is 11.2. The molecule has 1 fully saturated rings. The largest absolute Gasteiger partial charge is 0.475 e. The second kappa shape index (κ2) is 10.3. The first-order chi connectivity index (χ1) is 16.1. The van der Waals surface area contributed by atoms with E-state index in [2.05, 4.69) is 10.2 Å². The fourth-order valence-corrected chi connectivity index (χ4v) is 3.91. The Hall–Kier alpha value is -3.68. The third-order valence-corrected chi connectivity index (χ3v) is 5.63. The molecule has 4 rings (SSSR count). The fraction of sp³-hybridized carbons (Fsp3) is 0.360. The molecule has 1 unspecified atom stereocenters.